The minimum absolute atomic E-state index is 0.0438. The molecule has 2 atom stereocenters. The Balaban J connectivity index is 1.98. The lowest BCUT2D eigenvalue weighted by Gasteiger charge is -2.35. The standard InChI is InChI=1S/C27H42O5S2/c1-3-4-5-6-10-16-21-27(33-2,34(29,30)24-17-12-11-13-18-24)25(28)19-14-8-7-9-15-20-26-31-22-23-32-26/h4-5,10-13,16-18,25-26,28H,3,6-9,14-15,19-23H2,1-2H3. The molecule has 1 aliphatic rings. The van der Waals surface area contributed by atoms with E-state index in [1.165, 1.54) is 11.8 Å². The molecular formula is C27H42O5S2. The Kier molecular flexibility index (Phi) is 13.5. The molecule has 5 nitrogen and oxygen atoms in total. The summed E-state index contributed by atoms with van der Waals surface area (Å²) in [5.74, 6) is 0. The zero-order chi connectivity index (χ0) is 24.7. The number of allylic oxidation sites excluding steroid dienone is 4. The summed E-state index contributed by atoms with van der Waals surface area (Å²) in [4.78, 5) is 0.263. The number of ether oxygens (including phenoxy) is 2. The second-order valence-electron chi connectivity index (χ2n) is 8.66. The summed E-state index contributed by atoms with van der Waals surface area (Å²) >= 11 is 1.25. The summed E-state index contributed by atoms with van der Waals surface area (Å²) in [6.45, 7) is 3.47. The molecule has 0 radical (unpaired) electrons. The van der Waals surface area contributed by atoms with Crippen LogP contribution < -0.4 is 0 Å². The predicted molar refractivity (Wildman–Crippen MR) is 142 cm³/mol. The van der Waals surface area contributed by atoms with E-state index >= 15 is 0 Å². The monoisotopic (exact) mass is 510 g/mol. The Morgan fingerprint density at radius 3 is 2.35 bits per heavy atom. The van der Waals surface area contributed by atoms with Gasteiger partial charge in [-0.25, -0.2) is 8.42 Å². The van der Waals surface area contributed by atoms with Crippen molar-refractivity contribution in [3.8, 4) is 0 Å². The van der Waals surface area contributed by atoms with Crippen molar-refractivity contribution in [1.29, 1.82) is 0 Å². The van der Waals surface area contributed by atoms with Gasteiger partial charge in [-0.3, -0.25) is 0 Å². The minimum Gasteiger partial charge on any atom is -0.391 e. The number of hydrogen-bond acceptors (Lipinski definition) is 6. The van der Waals surface area contributed by atoms with Crippen molar-refractivity contribution < 1.29 is 23.0 Å². The van der Waals surface area contributed by atoms with Gasteiger partial charge in [0.1, 0.15) is 0 Å². The number of sulfone groups is 1. The van der Waals surface area contributed by atoms with Gasteiger partial charge in [-0.2, -0.15) is 0 Å². The summed E-state index contributed by atoms with van der Waals surface area (Å²) in [5.41, 5.74) is 0. The Bertz CT molecular complexity index is 832. The average Bonchev–Trinajstić information content (AvgIpc) is 3.37. The lowest BCUT2D eigenvalue weighted by atomic mass is 10.0. The number of aliphatic hydroxyl groups is 1. The third-order valence-corrected chi connectivity index (χ3v) is 10.7. The first-order valence-corrected chi connectivity index (χ1v) is 15.2. The molecule has 34 heavy (non-hydrogen) atoms. The summed E-state index contributed by atoms with van der Waals surface area (Å²) in [6.07, 6.45) is 17.2. The van der Waals surface area contributed by atoms with E-state index in [9.17, 15) is 13.5 Å². The quantitative estimate of drug-likeness (QED) is 0.196. The summed E-state index contributed by atoms with van der Waals surface area (Å²) in [6, 6.07) is 8.52. The minimum atomic E-state index is -3.75. The topological polar surface area (TPSA) is 72.8 Å². The van der Waals surface area contributed by atoms with Gasteiger partial charge in [0.25, 0.3) is 0 Å². The lowest BCUT2D eigenvalue weighted by molar-refractivity contribution is -0.0480. The van der Waals surface area contributed by atoms with Crippen LogP contribution in [0.4, 0.5) is 0 Å². The second-order valence-corrected chi connectivity index (χ2v) is 12.3. The lowest BCUT2D eigenvalue weighted by Crippen LogP contribution is -2.46. The Labute approximate surface area is 210 Å². The molecule has 2 rings (SSSR count). The molecule has 7 heteroatoms. The second kappa shape index (κ2) is 15.8. The van der Waals surface area contributed by atoms with Gasteiger partial charge >= 0.3 is 0 Å². The Morgan fingerprint density at radius 1 is 1.03 bits per heavy atom. The highest BCUT2D eigenvalue weighted by Gasteiger charge is 2.49. The molecule has 1 saturated heterocycles. The van der Waals surface area contributed by atoms with Gasteiger partial charge in [0, 0.05) is 0 Å². The van der Waals surface area contributed by atoms with Crippen LogP contribution in [0.15, 0.2) is 59.5 Å². The van der Waals surface area contributed by atoms with Gasteiger partial charge in [0.2, 0.25) is 0 Å². The molecule has 192 valence electrons. The van der Waals surface area contributed by atoms with Crippen LogP contribution in [0.25, 0.3) is 0 Å². The molecular weight excluding hydrogens is 468 g/mol. The van der Waals surface area contributed by atoms with E-state index in [2.05, 4.69) is 19.1 Å². The van der Waals surface area contributed by atoms with Crippen LogP contribution in [0.1, 0.15) is 71.1 Å². The van der Waals surface area contributed by atoms with Gasteiger partial charge in [-0.15, -0.1) is 11.8 Å². The molecule has 1 fully saturated rings. The first kappa shape index (κ1) is 29.1. The van der Waals surface area contributed by atoms with Crippen LogP contribution in [-0.2, 0) is 19.3 Å². The predicted octanol–water partition coefficient (Wildman–Crippen LogP) is 6.29. The van der Waals surface area contributed by atoms with Crippen molar-refractivity contribution in [1.82, 2.24) is 0 Å². The van der Waals surface area contributed by atoms with E-state index in [1.807, 2.05) is 12.2 Å². The molecule has 0 saturated carbocycles. The van der Waals surface area contributed by atoms with Crippen molar-refractivity contribution >= 4 is 21.6 Å². The third kappa shape index (κ3) is 8.52. The molecule has 0 bridgehead atoms. The van der Waals surface area contributed by atoms with Crippen LogP contribution >= 0.6 is 11.8 Å². The molecule has 0 spiro atoms. The number of hydrogen-bond donors (Lipinski definition) is 1. The fourth-order valence-corrected chi connectivity index (χ4v) is 7.74. The Morgan fingerprint density at radius 2 is 1.68 bits per heavy atom. The molecule has 2 unspecified atom stereocenters. The molecule has 1 aliphatic heterocycles. The molecule has 1 N–H and O–H groups in total. The SMILES string of the molecule is CCC=CCC=CCC(SC)(C(O)CCCCCCCC1OCCO1)S(=O)(=O)c1ccccc1. The maximum atomic E-state index is 13.7. The van der Waals surface area contributed by atoms with Gasteiger partial charge in [0.15, 0.2) is 20.2 Å². The van der Waals surface area contributed by atoms with Crippen LogP contribution in [-0.4, -0.2) is 49.5 Å². The first-order chi connectivity index (χ1) is 16.5. The van der Waals surface area contributed by atoms with Crippen molar-refractivity contribution in [2.75, 3.05) is 19.5 Å². The first-order valence-electron chi connectivity index (χ1n) is 12.5. The molecule has 0 aliphatic carbocycles. The number of benzene rings is 1. The van der Waals surface area contributed by atoms with Gasteiger partial charge in [-0.1, -0.05) is 75.1 Å². The van der Waals surface area contributed by atoms with Crippen LogP contribution in [0, 0.1) is 0 Å². The highest BCUT2D eigenvalue weighted by Crippen LogP contribution is 2.42. The van der Waals surface area contributed by atoms with Crippen molar-refractivity contribution in [2.45, 2.75) is 92.5 Å². The molecule has 1 aromatic carbocycles. The fourth-order valence-electron chi connectivity index (χ4n) is 4.21. The average molecular weight is 511 g/mol. The highest BCUT2D eigenvalue weighted by atomic mass is 32.3. The van der Waals surface area contributed by atoms with Crippen molar-refractivity contribution in [3.63, 3.8) is 0 Å². The molecule has 1 aromatic rings. The maximum absolute atomic E-state index is 13.7. The number of unbranched alkanes of at least 4 members (excludes halogenated alkanes) is 4. The van der Waals surface area contributed by atoms with Crippen molar-refractivity contribution in [2.24, 2.45) is 0 Å². The van der Waals surface area contributed by atoms with E-state index in [0.717, 1.165) is 51.4 Å². The van der Waals surface area contributed by atoms with Gasteiger partial charge in [-0.05, 0) is 56.9 Å². The normalized spacial score (nSPS) is 18.1. The van der Waals surface area contributed by atoms with Crippen LogP contribution in [0.3, 0.4) is 0 Å². The number of thioether (sulfide) groups is 1. The van der Waals surface area contributed by atoms with Gasteiger partial charge in [0.05, 0.1) is 24.2 Å². The fraction of sp³-hybridized carbons (Fsp3) is 0.630. The molecule has 0 aromatic heterocycles. The van der Waals surface area contributed by atoms with E-state index in [4.69, 9.17) is 9.47 Å². The third-order valence-electron chi connectivity index (χ3n) is 6.21. The number of rotatable bonds is 17. The number of aliphatic hydroxyl groups excluding tert-OH is 1. The van der Waals surface area contributed by atoms with E-state index in [1.54, 1.807) is 36.6 Å². The summed E-state index contributed by atoms with van der Waals surface area (Å²) < 4.78 is 37.1. The largest absolute Gasteiger partial charge is 0.391 e. The van der Waals surface area contributed by atoms with E-state index in [-0.39, 0.29) is 17.6 Å². The Hall–Kier alpha value is -1.12. The smallest absolute Gasteiger partial charge is 0.196 e. The van der Waals surface area contributed by atoms with E-state index < -0.39 is 20.0 Å². The van der Waals surface area contributed by atoms with E-state index in [0.29, 0.717) is 19.6 Å². The van der Waals surface area contributed by atoms with Gasteiger partial charge < -0.3 is 14.6 Å². The molecule has 1 heterocycles. The van der Waals surface area contributed by atoms with Crippen molar-refractivity contribution in [3.05, 3.63) is 54.6 Å². The maximum Gasteiger partial charge on any atom is 0.196 e. The molecule has 0 amide bonds. The highest BCUT2D eigenvalue weighted by molar-refractivity contribution is 8.14. The zero-order valence-corrected chi connectivity index (χ0v) is 22.4. The summed E-state index contributed by atoms with van der Waals surface area (Å²) in [5, 5.41) is 11.3. The zero-order valence-electron chi connectivity index (χ0n) is 20.7. The van der Waals surface area contributed by atoms with Crippen LogP contribution in [0.5, 0.6) is 0 Å². The summed E-state index contributed by atoms with van der Waals surface area (Å²) in [7, 11) is -3.75. The van der Waals surface area contributed by atoms with Crippen LogP contribution in [0.2, 0.25) is 0 Å².